The van der Waals surface area contributed by atoms with E-state index in [-0.39, 0.29) is 6.04 Å². The van der Waals surface area contributed by atoms with Crippen LogP contribution in [0.3, 0.4) is 0 Å². The number of hydrogen-bond acceptors (Lipinski definition) is 3. The first kappa shape index (κ1) is 15.7. The van der Waals surface area contributed by atoms with Gasteiger partial charge in [0.05, 0.1) is 0 Å². The zero-order chi connectivity index (χ0) is 14.8. The van der Waals surface area contributed by atoms with Crippen molar-refractivity contribution >= 4 is 16.2 Å². The molecule has 7 heteroatoms. The van der Waals surface area contributed by atoms with Crippen LogP contribution in [-0.2, 0) is 15.0 Å². The van der Waals surface area contributed by atoms with Crippen LogP contribution in [0, 0.1) is 5.92 Å². The molecule has 2 aliphatic rings. The quantitative estimate of drug-likeness (QED) is 0.830. The first-order valence-corrected chi connectivity index (χ1v) is 8.79. The summed E-state index contributed by atoms with van der Waals surface area (Å²) in [6, 6.07) is -0.143. The Morgan fingerprint density at radius 2 is 1.75 bits per heavy atom. The average Bonchev–Trinajstić information content (AvgIpc) is 2.89. The van der Waals surface area contributed by atoms with Crippen molar-refractivity contribution in [2.75, 3.05) is 19.6 Å². The van der Waals surface area contributed by atoms with Crippen molar-refractivity contribution in [3.8, 4) is 0 Å². The molecule has 0 atom stereocenters. The van der Waals surface area contributed by atoms with Crippen LogP contribution in [0.15, 0.2) is 0 Å². The Kier molecular flexibility index (Phi) is 5.04. The lowest BCUT2D eigenvalue weighted by molar-refractivity contribution is -0.137. The Morgan fingerprint density at radius 1 is 1.20 bits per heavy atom. The molecule has 1 saturated carbocycles. The zero-order valence-electron chi connectivity index (χ0n) is 12.0. The van der Waals surface area contributed by atoms with Crippen LogP contribution in [0.2, 0.25) is 0 Å². The monoisotopic (exact) mass is 304 g/mol. The van der Waals surface area contributed by atoms with Gasteiger partial charge in [-0.05, 0) is 31.6 Å². The summed E-state index contributed by atoms with van der Waals surface area (Å²) < 4.78 is 28.1. The minimum absolute atomic E-state index is 0.143. The van der Waals surface area contributed by atoms with Gasteiger partial charge in [-0.2, -0.15) is 17.0 Å². The first-order chi connectivity index (χ1) is 9.41. The third kappa shape index (κ3) is 3.51. The lowest BCUT2D eigenvalue weighted by Gasteiger charge is -2.35. The summed E-state index contributed by atoms with van der Waals surface area (Å²) in [6.07, 6.45) is 5.21. The highest BCUT2D eigenvalue weighted by atomic mass is 32.2. The molecule has 0 spiro atoms. The molecule has 0 radical (unpaired) electrons. The fraction of sp³-hybridized carbons (Fsp3) is 0.923. The molecule has 0 aromatic rings. The van der Waals surface area contributed by atoms with Crippen molar-refractivity contribution in [1.29, 1.82) is 0 Å². The van der Waals surface area contributed by atoms with Crippen molar-refractivity contribution in [3.63, 3.8) is 0 Å². The van der Waals surface area contributed by atoms with Crippen LogP contribution in [-0.4, -0.2) is 53.8 Å². The Bertz CT molecular complexity index is 437. The van der Waals surface area contributed by atoms with Gasteiger partial charge in [0.25, 0.3) is 10.2 Å². The predicted octanol–water partition coefficient (Wildman–Crippen LogP) is 1.29. The largest absolute Gasteiger partial charge is 0.480 e. The second kappa shape index (κ2) is 6.41. The molecule has 0 aromatic heterocycles. The van der Waals surface area contributed by atoms with Gasteiger partial charge in [-0.25, -0.2) is 0 Å². The number of rotatable bonds is 5. The smallest absolute Gasteiger partial charge is 0.318 e. The minimum Gasteiger partial charge on any atom is -0.480 e. The molecule has 0 amide bonds. The highest BCUT2D eigenvalue weighted by Gasteiger charge is 2.38. The van der Waals surface area contributed by atoms with Crippen LogP contribution in [0.25, 0.3) is 0 Å². The summed E-state index contributed by atoms with van der Waals surface area (Å²) in [5, 5.41) is 9.02. The maximum Gasteiger partial charge on any atom is 0.318 e. The molecule has 1 heterocycles. The van der Waals surface area contributed by atoms with Crippen LogP contribution in [0.1, 0.15) is 45.4 Å². The maximum atomic E-state index is 12.7. The van der Waals surface area contributed by atoms with Crippen LogP contribution < -0.4 is 0 Å². The normalized spacial score (nSPS) is 23.5. The number of carboxylic acid groups (broad SMARTS) is 1. The summed E-state index contributed by atoms with van der Waals surface area (Å²) in [4.78, 5) is 11.0. The number of nitrogens with zero attached hydrogens (tertiary/aromatic N) is 2. The Labute approximate surface area is 120 Å². The third-order valence-corrected chi connectivity index (χ3v) is 6.43. The summed E-state index contributed by atoms with van der Waals surface area (Å²) in [6.45, 7) is 2.72. The molecular weight excluding hydrogens is 280 g/mol. The van der Waals surface area contributed by atoms with E-state index in [0.717, 1.165) is 38.5 Å². The van der Waals surface area contributed by atoms with E-state index in [1.54, 1.807) is 0 Å². The standard InChI is InChI=1S/C13H24N2O4S/c1-11-6-8-14(9-7-11)20(18,19)15(10-13(16)17)12-4-2-3-5-12/h11-12H,2-10H2,1H3,(H,16,17). The molecule has 20 heavy (non-hydrogen) atoms. The number of carbonyl (C=O) groups is 1. The Balaban J connectivity index is 2.15. The van der Waals surface area contributed by atoms with Gasteiger partial charge in [-0.15, -0.1) is 0 Å². The summed E-state index contributed by atoms with van der Waals surface area (Å²) in [5.74, 6) is -0.535. The lowest BCUT2D eigenvalue weighted by Crippen LogP contribution is -2.51. The Morgan fingerprint density at radius 3 is 2.25 bits per heavy atom. The number of hydrogen-bond donors (Lipinski definition) is 1. The highest BCUT2D eigenvalue weighted by Crippen LogP contribution is 2.28. The van der Waals surface area contributed by atoms with E-state index in [4.69, 9.17) is 5.11 Å². The van der Waals surface area contributed by atoms with Crippen molar-refractivity contribution in [3.05, 3.63) is 0 Å². The van der Waals surface area contributed by atoms with Crippen molar-refractivity contribution in [1.82, 2.24) is 8.61 Å². The fourth-order valence-corrected chi connectivity index (χ4v) is 4.92. The lowest BCUT2D eigenvalue weighted by atomic mass is 10.0. The molecule has 2 fully saturated rings. The number of carboxylic acids is 1. The minimum atomic E-state index is -3.64. The van der Waals surface area contributed by atoms with E-state index in [1.807, 2.05) is 0 Å². The van der Waals surface area contributed by atoms with E-state index in [9.17, 15) is 13.2 Å². The molecule has 0 bridgehead atoms. The summed E-state index contributed by atoms with van der Waals surface area (Å²) in [7, 11) is -3.64. The maximum absolute atomic E-state index is 12.7. The van der Waals surface area contributed by atoms with E-state index in [0.29, 0.717) is 19.0 Å². The zero-order valence-corrected chi connectivity index (χ0v) is 12.8. The molecule has 6 nitrogen and oxygen atoms in total. The molecule has 1 aliphatic heterocycles. The van der Waals surface area contributed by atoms with Gasteiger partial charge in [0, 0.05) is 19.1 Å². The van der Waals surface area contributed by atoms with E-state index in [1.165, 1.54) is 8.61 Å². The van der Waals surface area contributed by atoms with Gasteiger partial charge in [0.1, 0.15) is 6.54 Å². The molecule has 0 aromatic carbocycles. The fourth-order valence-electron chi connectivity index (χ4n) is 3.09. The molecule has 2 rings (SSSR count). The summed E-state index contributed by atoms with van der Waals surface area (Å²) in [5.41, 5.74) is 0. The summed E-state index contributed by atoms with van der Waals surface area (Å²) >= 11 is 0. The van der Waals surface area contributed by atoms with Gasteiger partial charge < -0.3 is 5.11 Å². The van der Waals surface area contributed by atoms with E-state index in [2.05, 4.69) is 6.92 Å². The number of piperidine rings is 1. The molecule has 116 valence electrons. The van der Waals surface area contributed by atoms with E-state index >= 15 is 0 Å². The molecule has 1 aliphatic carbocycles. The molecule has 1 saturated heterocycles. The molecule has 0 unspecified atom stereocenters. The molecule has 1 N–H and O–H groups in total. The van der Waals surface area contributed by atoms with Crippen LogP contribution in [0.4, 0.5) is 0 Å². The van der Waals surface area contributed by atoms with E-state index < -0.39 is 22.7 Å². The van der Waals surface area contributed by atoms with Crippen molar-refractivity contribution < 1.29 is 18.3 Å². The van der Waals surface area contributed by atoms with Gasteiger partial charge in [0.15, 0.2) is 0 Å². The SMILES string of the molecule is CC1CCN(S(=O)(=O)N(CC(=O)O)C2CCCC2)CC1. The topological polar surface area (TPSA) is 77.9 Å². The highest BCUT2D eigenvalue weighted by molar-refractivity contribution is 7.86. The second-order valence-corrected chi connectivity index (χ2v) is 7.85. The van der Waals surface area contributed by atoms with Gasteiger partial charge in [-0.3, -0.25) is 4.79 Å². The Hall–Kier alpha value is -0.660. The average molecular weight is 304 g/mol. The van der Waals surface area contributed by atoms with Crippen molar-refractivity contribution in [2.24, 2.45) is 5.92 Å². The third-order valence-electron chi connectivity index (χ3n) is 4.39. The first-order valence-electron chi connectivity index (χ1n) is 7.40. The second-order valence-electron chi connectivity index (χ2n) is 5.97. The predicted molar refractivity (Wildman–Crippen MR) is 75.5 cm³/mol. The van der Waals surface area contributed by atoms with Gasteiger partial charge >= 0.3 is 5.97 Å². The van der Waals surface area contributed by atoms with Gasteiger partial charge in [0.2, 0.25) is 0 Å². The molecular formula is C13H24N2O4S. The number of aliphatic carboxylic acids is 1. The van der Waals surface area contributed by atoms with Crippen LogP contribution >= 0.6 is 0 Å². The van der Waals surface area contributed by atoms with Crippen LogP contribution in [0.5, 0.6) is 0 Å². The van der Waals surface area contributed by atoms with Gasteiger partial charge in [-0.1, -0.05) is 19.8 Å². The van der Waals surface area contributed by atoms with Crippen molar-refractivity contribution in [2.45, 2.75) is 51.5 Å².